The lowest BCUT2D eigenvalue weighted by atomic mass is 9.91. The first-order chi connectivity index (χ1) is 20.1. The molecule has 6 rings (SSSR count). The molecule has 3 aliphatic rings. The maximum Gasteiger partial charge on any atom is 0.586 e. The molecule has 2 N–H and O–H groups in total. The third-order valence-corrected chi connectivity index (χ3v) is 8.04. The molecule has 11 heteroatoms. The van der Waals surface area contributed by atoms with Gasteiger partial charge in [0.2, 0.25) is 5.91 Å². The van der Waals surface area contributed by atoms with Gasteiger partial charge in [0.1, 0.15) is 11.5 Å². The van der Waals surface area contributed by atoms with Crippen molar-refractivity contribution in [2.75, 3.05) is 20.7 Å². The van der Waals surface area contributed by atoms with E-state index in [1.54, 1.807) is 43.4 Å². The highest BCUT2D eigenvalue weighted by molar-refractivity contribution is 5.92. The van der Waals surface area contributed by atoms with Crippen LogP contribution in [-0.4, -0.2) is 54.9 Å². The predicted octanol–water partition coefficient (Wildman–Crippen LogP) is 4.25. The Balaban J connectivity index is 1.21. The van der Waals surface area contributed by atoms with Crippen molar-refractivity contribution < 1.29 is 42.4 Å². The van der Waals surface area contributed by atoms with E-state index in [1.807, 2.05) is 18.2 Å². The highest BCUT2D eigenvalue weighted by Gasteiger charge is 2.53. The molecule has 2 amide bonds. The Morgan fingerprint density at radius 3 is 2.50 bits per heavy atom. The molecule has 0 aromatic heterocycles. The molecule has 1 saturated carbocycles. The Morgan fingerprint density at radius 1 is 1.05 bits per heavy atom. The van der Waals surface area contributed by atoms with E-state index in [-0.39, 0.29) is 36.3 Å². The van der Waals surface area contributed by atoms with Gasteiger partial charge in [-0.1, -0.05) is 36.4 Å². The van der Waals surface area contributed by atoms with Crippen molar-refractivity contribution in [3.05, 3.63) is 83.4 Å². The van der Waals surface area contributed by atoms with Crippen LogP contribution in [0.4, 0.5) is 8.78 Å². The summed E-state index contributed by atoms with van der Waals surface area (Å²) >= 11 is 0. The summed E-state index contributed by atoms with van der Waals surface area (Å²) in [7, 11) is 3.11. The van der Waals surface area contributed by atoms with Crippen molar-refractivity contribution in [2.24, 2.45) is 0 Å². The number of hydrogen-bond donors (Lipinski definition) is 2. The van der Waals surface area contributed by atoms with Gasteiger partial charge < -0.3 is 34.3 Å². The third kappa shape index (κ3) is 5.20. The topological polar surface area (TPSA) is 107 Å². The minimum absolute atomic E-state index is 0.0526. The summed E-state index contributed by atoms with van der Waals surface area (Å²) in [5.41, 5.74) is 0.992. The number of aliphatic hydroxyl groups excluding tert-OH is 1. The van der Waals surface area contributed by atoms with E-state index in [1.165, 1.54) is 24.1 Å². The molecule has 9 nitrogen and oxygen atoms in total. The maximum absolute atomic E-state index is 13.7. The van der Waals surface area contributed by atoms with Gasteiger partial charge in [0.25, 0.3) is 5.91 Å². The summed E-state index contributed by atoms with van der Waals surface area (Å²) in [4.78, 5) is 28.7. The number of nitrogens with zero attached hydrogens (tertiary/aromatic N) is 1. The Bertz CT molecular complexity index is 1510. The number of fused-ring (bicyclic) bond motifs is 2. The molecule has 1 aliphatic carbocycles. The molecule has 220 valence electrons. The van der Waals surface area contributed by atoms with Crippen LogP contribution in [-0.2, 0) is 15.0 Å². The van der Waals surface area contributed by atoms with Crippen LogP contribution < -0.4 is 24.3 Å². The molecule has 0 saturated heterocycles. The first kappa shape index (κ1) is 27.8. The lowest BCUT2D eigenvalue weighted by molar-refractivity contribution is -0.286. The lowest BCUT2D eigenvalue weighted by Crippen LogP contribution is -2.47. The van der Waals surface area contributed by atoms with Crippen LogP contribution in [0.25, 0.3) is 0 Å². The van der Waals surface area contributed by atoms with Crippen molar-refractivity contribution in [3.8, 4) is 23.0 Å². The first-order valence-corrected chi connectivity index (χ1v) is 13.6. The summed E-state index contributed by atoms with van der Waals surface area (Å²) < 4.78 is 47.7. The smallest absolute Gasteiger partial charge is 0.497 e. The SMILES string of the molecule is COc1ccc2c(c1)O[C@@H](C(=O)N(C)CC(O)c1ccccc1)C[C@@H]2NC(=O)C1(c2ccc3c(c2)OC(F)(F)O3)CC1. The summed E-state index contributed by atoms with van der Waals surface area (Å²) in [5, 5.41) is 13.7. The summed E-state index contributed by atoms with van der Waals surface area (Å²) in [6.45, 7) is 0.0526. The number of rotatable bonds is 8. The van der Waals surface area contributed by atoms with Crippen molar-refractivity contribution in [1.82, 2.24) is 10.2 Å². The van der Waals surface area contributed by atoms with E-state index in [9.17, 15) is 23.5 Å². The fraction of sp³-hybridized carbons (Fsp3) is 0.355. The van der Waals surface area contributed by atoms with Gasteiger partial charge in [-0.3, -0.25) is 9.59 Å². The minimum Gasteiger partial charge on any atom is -0.497 e. The third-order valence-electron chi connectivity index (χ3n) is 8.04. The Labute approximate surface area is 240 Å². The van der Waals surface area contributed by atoms with E-state index in [0.717, 1.165) is 0 Å². The number of likely N-dealkylation sites (N-methyl/N-ethyl adjacent to an activating group) is 1. The number of carbonyl (C=O) groups excluding carboxylic acids is 2. The van der Waals surface area contributed by atoms with E-state index in [2.05, 4.69) is 14.8 Å². The molecule has 3 aromatic rings. The predicted molar refractivity (Wildman–Crippen MR) is 146 cm³/mol. The monoisotopic (exact) mass is 580 g/mol. The molecule has 1 fully saturated rings. The molecule has 0 spiro atoms. The zero-order valence-electron chi connectivity index (χ0n) is 23.0. The average molecular weight is 581 g/mol. The summed E-state index contributed by atoms with van der Waals surface area (Å²) in [6, 6.07) is 18.1. The lowest BCUT2D eigenvalue weighted by Gasteiger charge is -2.35. The van der Waals surface area contributed by atoms with Crippen LogP contribution in [0.15, 0.2) is 66.7 Å². The largest absolute Gasteiger partial charge is 0.586 e. The number of aliphatic hydroxyl groups is 1. The molecular formula is C31H30F2N2O7. The standard InChI is InChI=1S/C31H30F2N2O7/c1-35(17-23(36)18-6-4-3-5-7-18)28(37)27-16-22(21-10-9-20(39-2)15-25(21)40-27)34-29(38)30(12-13-30)19-8-11-24-26(14-19)42-31(32,33)41-24/h3-11,14-15,22-23,27,36H,12-13,16-17H2,1-2H3,(H,34,38)/t22-,23?,27+/m0/s1. The van der Waals surface area contributed by atoms with Gasteiger partial charge in [-0.2, -0.15) is 0 Å². The molecular weight excluding hydrogens is 550 g/mol. The zero-order chi connectivity index (χ0) is 29.6. The zero-order valence-corrected chi connectivity index (χ0v) is 23.0. The molecule has 0 bridgehead atoms. The van der Waals surface area contributed by atoms with Crippen LogP contribution in [0.2, 0.25) is 0 Å². The van der Waals surface area contributed by atoms with Crippen molar-refractivity contribution in [2.45, 2.75) is 49.2 Å². The number of halogens is 2. The highest BCUT2D eigenvalue weighted by atomic mass is 19.3. The quantitative estimate of drug-likeness (QED) is 0.411. The van der Waals surface area contributed by atoms with E-state index in [0.29, 0.717) is 41.0 Å². The number of ether oxygens (including phenoxy) is 4. The Hall–Kier alpha value is -4.38. The molecule has 2 heterocycles. The number of carbonyl (C=O) groups is 2. The van der Waals surface area contributed by atoms with Gasteiger partial charge in [-0.05, 0) is 48.2 Å². The van der Waals surface area contributed by atoms with E-state index >= 15 is 0 Å². The van der Waals surface area contributed by atoms with Crippen LogP contribution in [0.5, 0.6) is 23.0 Å². The second-order valence-electron chi connectivity index (χ2n) is 10.8. The summed E-state index contributed by atoms with van der Waals surface area (Å²) in [6.07, 6.45) is -4.38. The maximum atomic E-state index is 13.7. The van der Waals surface area contributed by atoms with Gasteiger partial charge in [0.05, 0.1) is 31.2 Å². The van der Waals surface area contributed by atoms with Crippen LogP contribution in [0.3, 0.4) is 0 Å². The van der Waals surface area contributed by atoms with Crippen LogP contribution in [0, 0.1) is 0 Å². The van der Waals surface area contributed by atoms with Gasteiger partial charge >= 0.3 is 6.29 Å². The number of hydrogen-bond acceptors (Lipinski definition) is 7. The summed E-state index contributed by atoms with van der Waals surface area (Å²) in [5.74, 6) is 0.0741. The Kier molecular flexibility index (Phi) is 6.92. The van der Waals surface area contributed by atoms with E-state index < -0.39 is 30.0 Å². The number of benzene rings is 3. The second kappa shape index (κ2) is 10.5. The number of nitrogens with one attached hydrogen (secondary N) is 1. The van der Waals surface area contributed by atoms with Crippen LogP contribution >= 0.6 is 0 Å². The van der Waals surface area contributed by atoms with Crippen molar-refractivity contribution >= 4 is 11.8 Å². The molecule has 1 unspecified atom stereocenters. The van der Waals surface area contributed by atoms with Crippen LogP contribution in [0.1, 0.15) is 48.1 Å². The second-order valence-corrected chi connectivity index (χ2v) is 10.8. The van der Waals surface area contributed by atoms with Crippen molar-refractivity contribution in [1.29, 1.82) is 0 Å². The molecule has 42 heavy (non-hydrogen) atoms. The molecule has 0 radical (unpaired) electrons. The fourth-order valence-electron chi connectivity index (χ4n) is 5.55. The van der Waals surface area contributed by atoms with Gasteiger partial charge in [0.15, 0.2) is 17.6 Å². The normalized spacial score (nSPS) is 21.4. The minimum atomic E-state index is -3.75. The van der Waals surface area contributed by atoms with E-state index in [4.69, 9.17) is 9.47 Å². The van der Waals surface area contributed by atoms with Gasteiger partial charge in [0, 0.05) is 25.1 Å². The fourth-order valence-corrected chi connectivity index (χ4v) is 5.55. The Morgan fingerprint density at radius 2 is 1.79 bits per heavy atom. The molecule has 3 aromatic carbocycles. The number of alkyl halides is 2. The number of amides is 2. The highest BCUT2D eigenvalue weighted by Crippen LogP contribution is 2.52. The molecule has 3 atom stereocenters. The number of methoxy groups -OCH3 is 1. The molecule has 2 aliphatic heterocycles. The first-order valence-electron chi connectivity index (χ1n) is 13.6. The average Bonchev–Trinajstić information content (AvgIpc) is 3.73. The van der Waals surface area contributed by atoms with Crippen molar-refractivity contribution in [3.63, 3.8) is 0 Å². The van der Waals surface area contributed by atoms with Gasteiger partial charge in [-0.25, -0.2) is 0 Å². The van der Waals surface area contributed by atoms with Gasteiger partial charge in [-0.15, -0.1) is 8.78 Å².